The minimum Gasteiger partial charge on any atom is -0.323 e. The van der Waals surface area contributed by atoms with Gasteiger partial charge in [-0.2, -0.15) is 0 Å². The van der Waals surface area contributed by atoms with E-state index >= 15 is 0 Å². The van der Waals surface area contributed by atoms with Crippen LogP contribution in [-0.4, -0.2) is 5.91 Å². The molecule has 96 valence electrons. The highest BCUT2D eigenvalue weighted by Gasteiger charge is 1.99. The first-order valence-corrected chi connectivity index (χ1v) is 6.75. The fraction of sp³-hybridized carbons (Fsp3) is 0.0625. The van der Waals surface area contributed by atoms with E-state index in [-0.39, 0.29) is 5.91 Å². The van der Waals surface area contributed by atoms with Gasteiger partial charge in [-0.1, -0.05) is 46.3 Å². The van der Waals surface area contributed by atoms with Crippen molar-refractivity contribution in [3.8, 4) is 0 Å². The molecule has 0 bridgehead atoms. The Hall–Kier alpha value is -1.87. The maximum absolute atomic E-state index is 11.8. The number of amides is 1. The summed E-state index contributed by atoms with van der Waals surface area (Å²) in [6.07, 6.45) is 3.32. The molecule has 0 saturated carbocycles. The van der Waals surface area contributed by atoms with Gasteiger partial charge in [-0.05, 0) is 42.3 Å². The van der Waals surface area contributed by atoms with Crippen molar-refractivity contribution in [2.45, 2.75) is 6.92 Å². The number of hydrogen-bond acceptors (Lipinski definition) is 1. The smallest absolute Gasteiger partial charge is 0.248 e. The van der Waals surface area contributed by atoms with Crippen LogP contribution in [0.5, 0.6) is 0 Å². The first-order chi connectivity index (χ1) is 9.15. The first kappa shape index (κ1) is 13.6. The van der Waals surface area contributed by atoms with Gasteiger partial charge in [0.05, 0.1) is 0 Å². The van der Waals surface area contributed by atoms with Crippen LogP contribution in [0.4, 0.5) is 5.69 Å². The number of carbonyl (C=O) groups is 1. The number of rotatable bonds is 3. The summed E-state index contributed by atoms with van der Waals surface area (Å²) in [6, 6.07) is 15.4. The molecule has 0 radical (unpaired) electrons. The minimum atomic E-state index is -0.140. The molecule has 0 aliphatic heterocycles. The average molecular weight is 316 g/mol. The van der Waals surface area contributed by atoms with Gasteiger partial charge in [0.15, 0.2) is 0 Å². The molecule has 0 spiro atoms. The Kier molecular flexibility index (Phi) is 4.53. The van der Waals surface area contributed by atoms with Crippen molar-refractivity contribution in [1.29, 1.82) is 0 Å². The summed E-state index contributed by atoms with van der Waals surface area (Å²) in [6.45, 7) is 2.03. The maximum atomic E-state index is 11.8. The summed E-state index contributed by atoms with van der Waals surface area (Å²) in [7, 11) is 0. The van der Waals surface area contributed by atoms with E-state index in [0.717, 1.165) is 15.7 Å². The molecule has 19 heavy (non-hydrogen) atoms. The predicted octanol–water partition coefficient (Wildman–Crippen LogP) is 4.41. The lowest BCUT2D eigenvalue weighted by Crippen LogP contribution is -2.07. The zero-order valence-corrected chi connectivity index (χ0v) is 12.1. The zero-order chi connectivity index (χ0) is 13.7. The van der Waals surface area contributed by atoms with Crippen LogP contribution in [0.25, 0.3) is 6.08 Å². The van der Waals surface area contributed by atoms with Crippen molar-refractivity contribution in [1.82, 2.24) is 0 Å². The molecule has 3 heteroatoms. The Morgan fingerprint density at radius 3 is 2.58 bits per heavy atom. The Labute approximate surface area is 121 Å². The third-order valence-corrected chi connectivity index (χ3v) is 3.30. The van der Waals surface area contributed by atoms with Gasteiger partial charge in [-0.25, -0.2) is 0 Å². The molecular formula is C16H14BrNO. The normalized spacial score (nSPS) is 10.6. The molecule has 2 rings (SSSR count). The third-order valence-electron chi connectivity index (χ3n) is 2.61. The molecule has 0 atom stereocenters. The van der Waals surface area contributed by atoms with Crippen LogP contribution in [0.3, 0.4) is 0 Å². The molecule has 1 N–H and O–H groups in total. The zero-order valence-electron chi connectivity index (χ0n) is 10.6. The van der Waals surface area contributed by atoms with Crippen LogP contribution in [0.2, 0.25) is 0 Å². The molecule has 0 heterocycles. The number of para-hydroxylation sites is 1. The van der Waals surface area contributed by atoms with E-state index < -0.39 is 0 Å². The Balaban J connectivity index is 2.04. The topological polar surface area (TPSA) is 29.1 Å². The summed E-state index contributed by atoms with van der Waals surface area (Å²) in [5.74, 6) is -0.140. The monoisotopic (exact) mass is 315 g/mol. The molecule has 0 saturated heterocycles. The summed E-state index contributed by atoms with van der Waals surface area (Å²) in [5.41, 5.74) is 2.95. The van der Waals surface area contributed by atoms with Crippen LogP contribution < -0.4 is 5.32 Å². The van der Waals surface area contributed by atoms with Gasteiger partial charge in [0.25, 0.3) is 0 Å². The molecule has 2 nitrogen and oxygen atoms in total. The average Bonchev–Trinajstić information content (AvgIpc) is 2.39. The summed E-state index contributed by atoms with van der Waals surface area (Å²) in [4.78, 5) is 11.8. The number of anilines is 1. The van der Waals surface area contributed by atoms with E-state index in [1.54, 1.807) is 6.08 Å². The second-order valence-corrected chi connectivity index (χ2v) is 5.07. The number of aryl methyl sites for hydroxylation is 1. The number of halogens is 1. The van der Waals surface area contributed by atoms with Gasteiger partial charge in [-0.15, -0.1) is 0 Å². The van der Waals surface area contributed by atoms with Gasteiger partial charge in [0.2, 0.25) is 5.91 Å². The Morgan fingerprint density at radius 2 is 1.89 bits per heavy atom. The summed E-state index contributed by atoms with van der Waals surface area (Å²) in [5, 5.41) is 2.80. The highest BCUT2D eigenvalue weighted by molar-refractivity contribution is 9.10. The number of nitrogens with one attached hydrogen (secondary N) is 1. The molecule has 2 aromatic carbocycles. The number of benzene rings is 2. The van der Waals surface area contributed by atoms with Crippen LogP contribution in [0, 0.1) is 6.92 Å². The van der Waals surface area contributed by atoms with Gasteiger partial charge in [0.1, 0.15) is 0 Å². The second-order valence-electron chi connectivity index (χ2n) is 4.21. The minimum absolute atomic E-state index is 0.140. The highest BCUT2D eigenvalue weighted by atomic mass is 79.9. The van der Waals surface area contributed by atoms with Crippen molar-refractivity contribution < 1.29 is 4.79 Å². The summed E-state index contributed by atoms with van der Waals surface area (Å²) >= 11 is 3.48. The van der Waals surface area contributed by atoms with Crippen molar-refractivity contribution >= 4 is 33.6 Å². The molecule has 0 unspecified atom stereocenters. The largest absolute Gasteiger partial charge is 0.323 e. The van der Waals surface area contributed by atoms with Gasteiger partial charge in [0, 0.05) is 16.2 Å². The van der Waals surface area contributed by atoms with Crippen LogP contribution in [0.1, 0.15) is 11.1 Å². The van der Waals surface area contributed by atoms with Crippen molar-refractivity contribution in [2.75, 3.05) is 5.32 Å². The number of hydrogen-bond donors (Lipinski definition) is 1. The van der Waals surface area contributed by atoms with Gasteiger partial charge < -0.3 is 5.32 Å². The van der Waals surface area contributed by atoms with Crippen molar-refractivity contribution in [3.05, 3.63) is 70.2 Å². The van der Waals surface area contributed by atoms with Crippen LogP contribution >= 0.6 is 15.9 Å². The standard InChI is InChI=1S/C16H14BrNO/c1-12-7-8-13(15(17)11-12)9-10-16(19)18-14-5-3-2-4-6-14/h2-11H,1H3,(H,18,19). The van der Waals surface area contributed by atoms with Crippen molar-refractivity contribution in [3.63, 3.8) is 0 Å². The van der Waals surface area contributed by atoms with E-state index in [2.05, 4.69) is 21.2 Å². The molecule has 1 amide bonds. The summed E-state index contributed by atoms with van der Waals surface area (Å²) < 4.78 is 0.983. The molecule has 0 aliphatic rings. The molecule has 0 aromatic heterocycles. The van der Waals surface area contributed by atoms with Crippen LogP contribution in [0.15, 0.2) is 59.1 Å². The van der Waals surface area contributed by atoms with E-state index in [0.29, 0.717) is 0 Å². The Bertz CT molecular complexity index is 605. The van der Waals surface area contributed by atoms with Crippen molar-refractivity contribution in [2.24, 2.45) is 0 Å². The second kappa shape index (κ2) is 6.34. The van der Waals surface area contributed by atoms with E-state index in [9.17, 15) is 4.79 Å². The highest BCUT2D eigenvalue weighted by Crippen LogP contribution is 2.19. The van der Waals surface area contributed by atoms with E-state index in [1.807, 2.05) is 55.5 Å². The third kappa shape index (κ3) is 4.07. The van der Waals surface area contributed by atoms with E-state index in [4.69, 9.17) is 0 Å². The maximum Gasteiger partial charge on any atom is 0.248 e. The van der Waals surface area contributed by atoms with Crippen LogP contribution in [-0.2, 0) is 4.79 Å². The lowest BCUT2D eigenvalue weighted by molar-refractivity contribution is -0.111. The molecule has 0 aliphatic carbocycles. The van der Waals surface area contributed by atoms with Gasteiger partial charge >= 0.3 is 0 Å². The molecule has 2 aromatic rings. The lowest BCUT2D eigenvalue weighted by Gasteiger charge is -2.02. The van der Waals surface area contributed by atoms with Gasteiger partial charge in [-0.3, -0.25) is 4.79 Å². The number of carbonyl (C=O) groups excluding carboxylic acids is 1. The Morgan fingerprint density at radius 1 is 1.16 bits per heavy atom. The SMILES string of the molecule is Cc1ccc(C=CC(=O)Nc2ccccc2)c(Br)c1. The quantitative estimate of drug-likeness (QED) is 0.835. The fourth-order valence-corrected chi connectivity index (χ4v) is 2.26. The van der Waals surface area contributed by atoms with E-state index in [1.165, 1.54) is 11.6 Å². The first-order valence-electron chi connectivity index (χ1n) is 5.95. The fourth-order valence-electron chi connectivity index (χ4n) is 1.64. The lowest BCUT2D eigenvalue weighted by atomic mass is 10.1. The molecule has 0 fully saturated rings. The predicted molar refractivity (Wildman–Crippen MR) is 83.0 cm³/mol. The molecular weight excluding hydrogens is 302 g/mol.